The smallest absolute Gasteiger partial charge is 0.349 e. The van der Waals surface area contributed by atoms with Gasteiger partial charge in [0.1, 0.15) is 28.5 Å². The Bertz CT molecular complexity index is 3240. The fourth-order valence-corrected chi connectivity index (χ4v) is 13.7. The minimum absolute atomic E-state index is 0.00323. The Labute approximate surface area is 404 Å². The first kappa shape index (κ1) is 46.1. The lowest BCUT2D eigenvalue weighted by atomic mass is 9.85. The molecule has 69 heavy (non-hydrogen) atoms. The maximum absolute atomic E-state index is 14.1. The zero-order valence-corrected chi connectivity index (χ0v) is 39.8. The fraction of sp³-hybridized carbons (Fsp3) is 0.354. The van der Waals surface area contributed by atoms with E-state index in [0.717, 1.165) is 59.4 Å². The predicted molar refractivity (Wildman–Crippen MR) is 260 cm³/mol. The largest absolute Gasteiger partial charge is 0.479 e. The van der Waals surface area contributed by atoms with Gasteiger partial charge in [-0.3, -0.25) is 24.6 Å². The van der Waals surface area contributed by atoms with E-state index in [2.05, 4.69) is 31.6 Å². The number of H-pyrrole nitrogens is 1. The van der Waals surface area contributed by atoms with Crippen LogP contribution in [-0.4, -0.2) is 111 Å². The maximum Gasteiger partial charge on any atom is 0.349 e. The first-order valence-corrected chi connectivity index (χ1v) is 25.4. The lowest BCUT2D eigenvalue weighted by molar-refractivity contribution is -0.139. The topological polar surface area (TPSA) is 245 Å². The van der Waals surface area contributed by atoms with Crippen LogP contribution in [0.4, 0.5) is 17.2 Å². The summed E-state index contributed by atoms with van der Waals surface area (Å²) in [6.07, 6.45) is 4.76. The zero-order valence-electron chi connectivity index (χ0n) is 37.5. The molecule has 0 spiro atoms. The molecule has 3 aromatic heterocycles. The van der Waals surface area contributed by atoms with Crippen molar-refractivity contribution < 1.29 is 47.3 Å². The Morgan fingerprint density at radius 2 is 1.78 bits per heavy atom. The molecule has 7 heterocycles. The normalized spacial score (nSPS) is 19.9. The highest BCUT2D eigenvalue weighted by Gasteiger charge is 2.43. The molecule has 18 nitrogen and oxygen atoms in total. The van der Waals surface area contributed by atoms with Gasteiger partial charge in [-0.2, -0.15) is 4.31 Å². The number of hydrogen-bond donors (Lipinski definition) is 5. The minimum atomic E-state index is -3.86. The Morgan fingerprint density at radius 1 is 1.00 bits per heavy atom. The number of nitrogens with zero attached hydrogens (tertiary/aromatic N) is 5. The summed E-state index contributed by atoms with van der Waals surface area (Å²) in [4.78, 5) is 78.0. The third-order valence-electron chi connectivity index (χ3n) is 13.6. The number of sulfonamides is 1. The first-order chi connectivity index (χ1) is 33.0. The van der Waals surface area contributed by atoms with Crippen molar-refractivity contribution in [2.45, 2.75) is 81.7 Å². The Balaban J connectivity index is 0.778. The van der Waals surface area contributed by atoms with Gasteiger partial charge in [-0.05, 0) is 92.6 Å². The molecular formula is C48H47ClN8O10S2. The SMILES string of the molecule is CC1(C)CC(Nc2cccc(-c3sc(C(=O)O)c(OCC(=O)O)c3Cl)c2)CCN1S(=O)(=O)Cc1ncc2[nH]c(N3CCC(c4ccc5c6c(cccc46)C(=O)N5C4CCC(=O)NC4=O)CC3)cc2n1. The van der Waals surface area contributed by atoms with Crippen LogP contribution in [-0.2, 0) is 30.2 Å². The van der Waals surface area contributed by atoms with E-state index in [9.17, 15) is 37.5 Å². The summed E-state index contributed by atoms with van der Waals surface area (Å²) in [5.41, 5.74) is 4.26. The molecule has 6 aromatic rings. The number of ether oxygens (including phenoxy) is 1. The van der Waals surface area contributed by atoms with Gasteiger partial charge >= 0.3 is 11.9 Å². The summed E-state index contributed by atoms with van der Waals surface area (Å²) >= 11 is 7.42. The van der Waals surface area contributed by atoms with Crippen molar-refractivity contribution in [1.82, 2.24) is 24.6 Å². The monoisotopic (exact) mass is 994 g/mol. The number of benzene rings is 3. The van der Waals surface area contributed by atoms with Crippen molar-refractivity contribution in [1.29, 1.82) is 0 Å². The van der Waals surface area contributed by atoms with E-state index in [4.69, 9.17) is 26.4 Å². The highest BCUT2D eigenvalue weighted by atomic mass is 35.5. The summed E-state index contributed by atoms with van der Waals surface area (Å²) in [7, 11) is -3.86. The number of imide groups is 1. The average molecular weight is 996 g/mol. The van der Waals surface area contributed by atoms with Crippen molar-refractivity contribution in [3.63, 3.8) is 0 Å². The molecule has 3 fully saturated rings. The standard InChI is InChI=1S/C48H47ClN8O10S2/c1-48(2)21-28(51-27-6-3-5-26(19-27)43-41(49)42(67-23-39(59)60)44(68-43)47(63)64)15-18-56(48)69(65,66)24-36-50-22-33-32(52-36)20-37(53-33)55-16-13-25(14-17-55)29-9-10-34-40-30(29)7-4-8-31(40)46(62)57(34)35-11-12-38(58)54-45(35)61/h3-10,19-20,22,25,28,35,51,53H,11-18,21,23-24H2,1-2H3,(H,59,60)(H,63,64)(H,54,58,61). The van der Waals surface area contributed by atoms with Gasteiger partial charge in [-0.25, -0.2) is 28.0 Å². The Kier molecular flexibility index (Phi) is 11.9. The number of rotatable bonds is 13. The van der Waals surface area contributed by atoms with E-state index in [1.165, 1.54) is 4.31 Å². The number of fused-ring (bicyclic) bond motifs is 1. The second-order valence-corrected chi connectivity index (χ2v) is 21.8. The van der Waals surface area contributed by atoms with Crippen LogP contribution in [0.3, 0.4) is 0 Å². The Morgan fingerprint density at radius 3 is 2.52 bits per heavy atom. The van der Waals surface area contributed by atoms with E-state index < -0.39 is 46.1 Å². The highest BCUT2D eigenvalue weighted by Crippen LogP contribution is 2.47. The molecule has 3 amide bonds. The fourth-order valence-electron chi connectivity index (χ4n) is 10.5. The van der Waals surface area contributed by atoms with Crippen molar-refractivity contribution >= 4 is 102 Å². The summed E-state index contributed by atoms with van der Waals surface area (Å²) in [6, 6.07) is 18.0. The predicted octanol–water partition coefficient (Wildman–Crippen LogP) is 6.99. The number of piperidine rings is 3. The van der Waals surface area contributed by atoms with Crippen LogP contribution in [0.25, 0.3) is 32.2 Å². The number of nitrogens with one attached hydrogen (secondary N) is 3. The molecule has 358 valence electrons. The molecule has 3 aromatic carbocycles. The number of anilines is 3. The molecule has 4 aliphatic rings. The van der Waals surface area contributed by atoms with Gasteiger partial charge in [0.05, 0.1) is 27.8 Å². The lowest BCUT2D eigenvalue weighted by Crippen LogP contribution is -2.55. The van der Waals surface area contributed by atoms with E-state index >= 15 is 0 Å². The van der Waals surface area contributed by atoms with Crippen molar-refractivity contribution in [3.05, 3.63) is 93.7 Å². The molecule has 0 saturated carbocycles. The third kappa shape index (κ3) is 8.63. The molecular weight excluding hydrogens is 948 g/mol. The van der Waals surface area contributed by atoms with Gasteiger partial charge in [0.2, 0.25) is 21.8 Å². The molecule has 3 saturated heterocycles. The second-order valence-electron chi connectivity index (χ2n) is 18.5. The number of hydrogen-bond acceptors (Lipinski definition) is 13. The number of aromatic nitrogens is 3. The molecule has 2 atom stereocenters. The van der Waals surface area contributed by atoms with Crippen molar-refractivity contribution in [2.75, 3.05) is 41.4 Å². The number of halogens is 1. The summed E-state index contributed by atoms with van der Waals surface area (Å²) < 4.78 is 34.9. The number of carboxylic acid groups (broad SMARTS) is 2. The van der Waals surface area contributed by atoms with Crippen LogP contribution in [0.15, 0.2) is 66.9 Å². The van der Waals surface area contributed by atoms with Crippen molar-refractivity contribution in [3.8, 4) is 16.2 Å². The van der Waals surface area contributed by atoms with Crippen LogP contribution in [0.1, 0.15) is 89.7 Å². The van der Waals surface area contributed by atoms with Crippen LogP contribution in [0, 0.1) is 0 Å². The minimum Gasteiger partial charge on any atom is -0.479 e. The molecule has 0 aliphatic carbocycles. The van der Waals surface area contributed by atoms with Gasteiger partial charge in [-0.1, -0.05) is 41.9 Å². The zero-order chi connectivity index (χ0) is 48.5. The maximum atomic E-state index is 14.1. The summed E-state index contributed by atoms with van der Waals surface area (Å²) in [5, 5.41) is 26.5. The van der Waals surface area contributed by atoms with Gasteiger partial charge in [0.25, 0.3) is 5.91 Å². The molecule has 10 rings (SSSR count). The van der Waals surface area contributed by atoms with E-state index in [1.54, 1.807) is 29.3 Å². The number of carboxylic acids is 2. The van der Waals surface area contributed by atoms with Gasteiger partial charge in [-0.15, -0.1) is 11.3 Å². The van der Waals surface area contributed by atoms with Gasteiger partial charge < -0.3 is 30.2 Å². The number of aliphatic carboxylic acids is 1. The summed E-state index contributed by atoms with van der Waals surface area (Å²) in [6.45, 7) is 4.77. The second kappa shape index (κ2) is 17.7. The first-order valence-electron chi connectivity index (χ1n) is 22.6. The quantitative estimate of drug-likeness (QED) is 0.0733. The molecule has 0 radical (unpaired) electrons. The van der Waals surface area contributed by atoms with E-state index in [1.807, 2.05) is 50.2 Å². The van der Waals surface area contributed by atoms with Crippen molar-refractivity contribution in [2.24, 2.45) is 0 Å². The number of carbonyl (C=O) groups excluding carboxylic acids is 3. The molecule has 2 unspecified atom stereocenters. The molecule has 21 heteroatoms. The van der Waals surface area contributed by atoms with Crippen LogP contribution in [0.2, 0.25) is 5.02 Å². The number of carbonyl (C=O) groups is 5. The summed E-state index contributed by atoms with van der Waals surface area (Å²) in [5.74, 6) is -2.88. The number of aromatic carboxylic acids is 1. The number of aromatic amines is 1. The van der Waals surface area contributed by atoms with E-state index in [-0.39, 0.29) is 70.4 Å². The highest BCUT2D eigenvalue weighted by molar-refractivity contribution is 7.88. The Hall–Kier alpha value is -6.61. The molecule has 5 N–H and O–H groups in total. The average Bonchev–Trinajstić information content (AvgIpc) is 3.97. The van der Waals surface area contributed by atoms with Crippen LogP contribution >= 0.6 is 22.9 Å². The van der Waals surface area contributed by atoms with Gasteiger partial charge in [0.15, 0.2) is 17.2 Å². The third-order valence-corrected chi connectivity index (χ3v) is 17.2. The van der Waals surface area contributed by atoms with Gasteiger partial charge in [0, 0.05) is 60.3 Å². The number of amides is 3. The van der Waals surface area contributed by atoms with E-state index in [0.29, 0.717) is 51.3 Å². The lowest BCUT2D eigenvalue weighted by Gasteiger charge is -2.44. The number of thiophene rings is 1. The molecule has 0 bridgehead atoms. The molecule has 4 aliphatic heterocycles. The van der Waals surface area contributed by atoms with Crippen LogP contribution < -0.4 is 25.2 Å². The van der Waals surface area contributed by atoms with Crippen LogP contribution in [0.5, 0.6) is 5.75 Å².